The lowest BCUT2D eigenvalue weighted by atomic mass is 9.78. The highest BCUT2D eigenvalue weighted by Crippen LogP contribution is 2.41. The minimum atomic E-state index is -4.36. The minimum absolute atomic E-state index is 0.0131. The van der Waals surface area contributed by atoms with Crippen molar-refractivity contribution in [3.05, 3.63) is 0 Å². The fourth-order valence-corrected chi connectivity index (χ4v) is 2.36. The summed E-state index contributed by atoms with van der Waals surface area (Å²) < 4.78 is 38.7. The van der Waals surface area contributed by atoms with Crippen LogP contribution in [0.5, 0.6) is 0 Å². The number of hydrogen-bond acceptors (Lipinski definition) is 2. The number of amides is 2. The lowest BCUT2D eigenvalue weighted by Gasteiger charge is -2.32. The summed E-state index contributed by atoms with van der Waals surface area (Å²) >= 11 is 0. The summed E-state index contributed by atoms with van der Waals surface area (Å²) in [6.07, 6.45) is -3.04. The fourth-order valence-electron chi connectivity index (χ4n) is 2.36. The first-order valence-corrected chi connectivity index (χ1v) is 6.70. The molecule has 0 bridgehead atoms. The molecule has 2 atom stereocenters. The molecule has 116 valence electrons. The minimum Gasteiger partial charge on any atom is -0.369 e. The molecule has 0 spiro atoms. The van der Waals surface area contributed by atoms with Crippen LogP contribution in [0, 0.1) is 17.3 Å². The van der Waals surface area contributed by atoms with Crippen LogP contribution in [-0.2, 0) is 9.59 Å². The molecule has 1 rings (SSSR count). The predicted octanol–water partition coefficient (Wildman–Crippen LogP) is 1.98. The Morgan fingerprint density at radius 1 is 1.20 bits per heavy atom. The van der Waals surface area contributed by atoms with E-state index in [2.05, 4.69) is 5.32 Å². The van der Waals surface area contributed by atoms with Crippen LogP contribution in [0.25, 0.3) is 0 Å². The Bertz CT molecular complexity index is 380. The standard InChI is InChI=1S/C13H21F3N2O2/c1-12(2,11(17)20)7-18-10(19)8-5-3-4-6-9(8)13(14,15)16/h8-9H,3-7H2,1-2H3,(H2,17,20)(H,18,19)/t8-,9-/m1/s1. The van der Waals surface area contributed by atoms with Gasteiger partial charge in [0.15, 0.2) is 0 Å². The van der Waals surface area contributed by atoms with Gasteiger partial charge in [0.2, 0.25) is 11.8 Å². The molecular weight excluding hydrogens is 273 g/mol. The predicted molar refractivity (Wildman–Crippen MR) is 67.5 cm³/mol. The first-order valence-electron chi connectivity index (χ1n) is 6.70. The molecule has 0 aromatic carbocycles. The Morgan fingerprint density at radius 2 is 1.75 bits per heavy atom. The summed E-state index contributed by atoms with van der Waals surface area (Å²) in [6.45, 7) is 3.03. The Labute approximate surface area is 116 Å². The molecule has 1 saturated carbocycles. The third kappa shape index (κ3) is 4.11. The van der Waals surface area contributed by atoms with Gasteiger partial charge >= 0.3 is 6.18 Å². The topological polar surface area (TPSA) is 72.2 Å². The molecule has 0 unspecified atom stereocenters. The smallest absolute Gasteiger partial charge is 0.369 e. The maximum atomic E-state index is 12.9. The number of hydrogen-bond donors (Lipinski definition) is 2. The normalized spacial score (nSPS) is 24.2. The number of primary amides is 1. The third-order valence-electron chi connectivity index (χ3n) is 3.89. The van der Waals surface area contributed by atoms with Gasteiger partial charge in [0, 0.05) is 12.5 Å². The van der Waals surface area contributed by atoms with Crippen molar-refractivity contribution in [2.45, 2.75) is 45.7 Å². The van der Waals surface area contributed by atoms with Crippen molar-refractivity contribution in [1.29, 1.82) is 0 Å². The van der Waals surface area contributed by atoms with Crippen LogP contribution in [0.15, 0.2) is 0 Å². The van der Waals surface area contributed by atoms with Crippen molar-refractivity contribution in [3.8, 4) is 0 Å². The van der Waals surface area contributed by atoms with Gasteiger partial charge in [-0.3, -0.25) is 9.59 Å². The zero-order valence-electron chi connectivity index (χ0n) is 11.7. The van der Waals surface area contributed by atoms with E-state index < -0.39 is 35.2 Å². The van der Waals surface area contributed by atoms with Gasteiger partial charge in [-0.05, 0) is 26.7 Å². The highest BCUT2D eigenvalue weighted by molar-refractivity contribution is 5.83. The van der Waals surface area contributed by atoms with Crippen molar-refractivity contribution < 1.29 is 22.8 Å². The summed E-state index contributed by atoms with van der Waals surface area (Å²) in [5, 5.41) is 2.44. The van der Waals surface area contributed by atoms with Crippen molar-refractivity contribution in [2.24, 2.45) is 23.0 Å². The first-order chi connectivity index (χ1) is 9.05. The second kappa shape index (κ2) is 6.01. The average Bonchev–Trinajstić information content (AvgIpc) is 2.35. The van der Waals surface area contributed by atoms with E-state index in [0.29, 0.717) is 12.8 Å². The molecule has 7 heteroatoms. The Morgan fingerprint density at radius 3 is 2.25 bits per heavy atom. The van der Waals surface area contributed by atoms with E-state index in [-0.39, 0.29) is 19.4 Å². The lowest BCUT2D eigenvalue weighted by Crippen LogP contribution is -2.47. The Balaban J connectivity index is 2.67. The van der Waals surface area contributed by atoms with Gasteiger partial charge in [-0.15, -0.1) is 0 Å². The van der Waals surface area contributed by atoms with Crippen LogP contribution < -0.4 is 11.1 Å². The van der Waals surface area contributed by atoms with Crippen LogP contribution >= 0.6 is 0 Å². The van der Waals surface area contributed by atoms with E-state index in [0.717, 1.165) is 0 Å². The van der Waals surface area contributed by atoms with Gasteiger partial charge in [-0.25, -0.2) is 0 Å². The summed E-state index contributed by atoms with van der Waals surface area (Å²) in [4.78, 5) is 23.1. The molecule has 1 aliphatic rings. The number of halogens is 3. The Hall–Kier alpha value is -1.27. The second-order valence-corrected chi connectivity index (χ2v) is 6.00. The molecule has 0 saturated heterocycles. The number of alkyl halides is 3. The van der Waals surface area contributed by atoms with E-state index in [1.165, 1.54) is 13.8 Å². The maximum absolute atomic E-state index is 12.9. The first kappa shape index (κ1) is 16.8. The number of carbonyl (C=O) groups is 2. The summed E-state index contributed by atoms with van der Waals surface area (Å²) in [6, 6.07) is 0. The van der Waals surface area contributed by atoms with Crippen molar-refractivity contribution >= 4 is 11.8 Å². The highest BCUT2D eigenvalue weighted by Gasteiger charge is 2.48. The van der Waals surface area contributed by atoms with Crippen LogP contribution in [0.2, 0.25) is 0 Å². The summed E-state index contributed by atoms with van der Waals surface area (Å²) in [7, 11) is 0. The number of nitrogens with one attached hydrogen (secondary N) is 1. The van der Waals surface area contributed by atoms with E-state index >= 15 is 0 Å². The molecule has 0 aromatic rings. The van der Waals surface area contributed by atoms with Crippen LogP contribution in [0.3, 0.4) is 0 Å². The molecule has 20 heavy (non-hydrogen) atoms. The molecule has 1 aliphatic carbocycles. The van der Waals surface area contributed by atoms with E-state index in [9.17, 15) is 22.8 Å². The largest absolute Gasteiger partial charge is 0.392 e. The second-order valence-electron chi connectivity index (χ2n) is 6.00. The Kier molecular flexibility index (Phi) is 5.05. The SMILES string of the molecule is CC(C)(CNC(=O)[C@@H]1CCCC[C@H]1C(F)(F)F)C(N)=O. The van der Waals surface area contributed by atoms with Gasteiger partial charge in [-0.2, -0.15) is 13.2 Å². The van der Waals surface area contributed by atoms with Gasteiger partial charge in [0.1, 0.15) is 0 Å². The van der Waals surface area contributed by atoms with Gasteiger partial charge in [-0.1, -0.05) is 12.8 Å². The van der Waals surface area contributed by atoms with Gasteiger partial charge < -0.3 is 11.1 Å². The number of nitrogens with two attached hydrogens (primary N) is 1. The zero-order valence-corrected chi connectivity index (χ0v) is 11.7. The van der Waals surface area contributed by atoms with E-state index in [4.69, 9.17) is 5.73 Å². The van der Waals surface area contributed by atoms with Crippen LogP contribution in [-0.4, -0.2) is 24.5 Å². The molecule has 4 nitrogen and oxygen atoms in total. The van der Waals surface area contributed by atoms with E-state index in [1.807, 2.05) is 0 Å². The quantitative estimate of drug-likeness (QED) is 0.832. The van der Waals surface area contributed by atoms with E-state index in [1.54, 1.807) is 0 Å². The molecule has 0 aliphatic heterocycles. The summed E-state index contributed by atoms with van der Waals surface area (Å²) in [5.41, 5.74) is 4.19. The molecule has 0 radical (unpaired) electrons. The summed E-state index contributed by atoms with van der Waals surface area (Å²) in [5.74, 6) is -3.89. The molecular formula is C13H21F3N2O2. The van der Waals surface area contributed by atoms with Gasteiger partial charge in [0.05, 0.1) is 11.3 Å². The molecule has 0 heterocycles. The molecule has 0 aromatic heterocycles. The van der Waals surface area contributed by atoms with Crippen LogP contribution in [0.1, 0.15) is 39.5 Å². The average molecular weight is 294 g/mol. The number of rotatable bonds is 4. The van der Waals surface area contributed by atoms with Crippen molar-refractivity contribution in [1.82, 2.24) is 5.32 Å². The molecule has 2 amide bonds. The van der Waals surface area contributed by atoms with Crippen molar-refractivity contribution in [2.75, 3.05) is 6.54 Å². The van der Waals surface area contributed by atoms with Crippen LogP contribution in [0.4, 0.5) is 13.2 Å². The molecule has 1 fully saturated rings. The maximum Gasteiger partial charge on any atom is 0.392 e. The monoisotopic (exact) mass is 294 g/mol. The fraction of sp³-hybridized carbons (Fsp3) is 0.846. The highest BCUT2D eigenvalue weighted by atomic mass is 19.4. The lowest BCUT2D eigenvalue weighted by molar-refractivity contribution is -0.198. The zero-order chi connectivity index (χ0) is 15.6. The molecule has 3 N–H and O–H groups in total. The number of carbonyl (C=O) groups excluding carboxylic acids is 2. The third-order valence-corrected chi connectivity index (χ3v) is 3.89. The van der Waals surface area contributed by atoms with Crippen molar-refractivity contribution in [3.63, 3.8) is 0 Å². The van der Waals surface area contributed by atoms with Gasteiger partial charge in [0.25, 0.3) is 0 Å².